The van der Waals surface area contributed by atoms with Gasteiger partial charge in [0.2, 0.25) is 0 Å². The van der Waals surface area contributed by atoms with Crippen LogP contribution in [0.3, 0.4) is 0 Å². The van der Waals surface area contributed by atoms with Crippen LogP contribution in [0.25, 0.3) is 0 Å². The van der Waals surface area contributed by atoms with E-state index in [1.54, 1.807) is 12.1 Å². The molecule has 4 rings (SSSR count). The van der Waals surface area contributed by atoms with Gasteiger partial charge in [0, 0.05) is 22.3 Å². The van der Waals surface area contributed by atoms with Gasteiger partial charge in [-0.05, 0) is 23.9 Å². The molecule has 2 atom stereocenters. The van der Waals surface area contributed by atoms with E-state index >= 15 is 0 Å². The van der Waals surface area contributed by atoms with Crippen molar-refractivity contribution in [1.82, 2.24) is 4.42 Å². The molecular formula is C16H10ClF4NO2. The van der Waals surface area contributed by atoms with Gasteiger partial charge >= 0.3 is 0 Å². The monoisotopic (exact) mass is 359 g/mol. The maximum absolute atomic E-state index is 14.3. The molecule has 0 saturated carbocycles. The zero-order valence-electron chi connectivity index (χ0n) is 12.5. The van der Waals surface area contributed by atoms with Gasteiger partial charge in [-0.1, -0.05) is 0 Å². The predicted molar refractivity (Wildman–Crippen MR) is 77.2 cm³/mol. The van der Waals surface area contributed by atoms with Crippen molar-refractivity contribution >= 4 is 11.8 Å². The van der Waals surface area contributed by atoms with Gasteiger partial charge in [0.05, 0.1) is 26.3 Å². The van der Waals surface area contributed by atoms with Crippen LogP contribution in [0.2, 0.25) is 0 Å². The van der Waals surface area contributed by atoms with E-state index in [1.165, 1.54) is 14.2 Å². The molecule has 0 amide bonds. The summed E-state index contributed by atoms with van der Waals surface area (Å²) >= 11 is 6.26. The summed E-state index contributed by atoms with van der Waals surface area (Å²) in [6.07, 6.45) is 0. The molecule has 2 aliphatic rings. The molecule has 2 unspecified atom stereocenters. The molecule has 0 aliphatic carbocycles. The fourth-order valence-corrected chi connectivity index (χ4v) is 4.04. The van der Waals surface area contributed by atoms with Crippen molar-refractivity contribution in [1.29, 1.82) is 0 Å². The molecule has 0 saturated heterocycles. The molecule has 0 N–H and O–H groups in total. The van der Waals surface area contributed by atoms with Gasteiger partial charge in [-0.15, -0.1) is 0 Å². The molecule has 8 heteroatoms. The molecular weight excluding hydrogens is 350 g/mol. The number of ether oxygens (including phenoxy) is 2. The number of rotatable bonds is 2. The normalized spacial score (nSPS) is 21.0. The number of nitrogens with zero attached hydrogens (tertiary/aromatic N) is 1. The zero-order chi connectivity index (χ0) is 17.3. The summed E-state index contributed by atoms with van der Waals surface area (Å²) in [7, 11) is 2.82. The van der Waals surface area contributed by atoms with Crippen molar-refractivity contribution in [2.75, 3.05) is 14.2 Å². The number of halogens is 5. The predicted octanol–water partition coefficient (Wildman–Crippen LogP) is 4.22. The highest BCUT2D eigenvalue weighted by atomic mass is 35.5. The van der Waals surface area contributed by atoms with E-state index in [9.17, 15) is 17.6 Å². The maximum Gasteiger partial charge on any atom is 0.197 e. The Hall–Kier alpha value is -1.99. The molecule has 2 aromatic rings. The van der Waals surface area contributed by atoms with Crippen molar-refractivity contribution in [3.63, 3.8) is 0 Å². The summed E-state index contributed by atoms with van der Waals surface area (Å²) in [5.74, 6) is -5.85. The smallest absolute Gasteiger partial charge is 0.197 e. The fourth-order valence-electron chi connectivity index (χ4n) is 3.65. The lowest BCUT2D eigenvalue weighted by Crippen LogP contribution is -2.14. The summed E-state index contributed by atoms with van der Waals surface area (Å²) in [5.41, 5.74) is 0.276. The van der Waals surface area contributed by atoms with Crippen molar-refractivity contribution < 1.29 is 27.0 Å². The maximum atomic E-state index is 14.3. The van der Waals surface area contributed by atoms with Crippen molar-refractivity contribution in [3.05, 3.63) is 57.7 Å². The van der Waals surface area contributed by atoms with E-state index in [1.807, 2.05) is 0 Å². The first-order chi connectivity index (χ1) is 11.4. The molecule has 2 aliphatic heterocycles. The summed E-state index contributed by atoms with van der Waals surface area (Å²) in [6.45, 7) is 0. The third-order valence-corrected chi connectivity index (χ3v) is 4.97. The van der Waals surface area contributed by atoms with Gasteiger partial charge in [-0.3, -0.25) is 0 Å². The number of fused-ring (bicyclic) bond motifs is 8. The van der Waals surface area contributed by atoms with Gasteiger partial charge in [0.25, 0.3) is 0 Å². The van der Waals surface area contributed by atoms with Crippen LogP contribution in [0.5, 0.6) is 11.5 Å². The number of methoxy groups -OCH3 is 2. The Balaban J connectivity index is 2.10. The average Bonchev–Trinajstić information content (AvgIpc) is 3.05. The molecule has 126 valence electrons. The van der Waals surface area contributed by atoms with Crippen LogP contribution in [-0.2, 0) is 0 Å². The van der Waals surface area contributed by atoms with Crippen LogP contribution in [0.1, 0.15) is 34.3 Å². The Morgan fingerprint density at radius 3 is 1.46 bits per heavy atom. The van der Waals surface area contributed by atoms with Crippen LogP contribution in [0.15, 0.2) is 12.1 Å². The number of benzene rings is 2. The Morgan fingerprint density at radius 2 is 1.12 bits per heavy atom. The van der Waals surface area contributed by atoms with Crippen molar-refractivity contribution in [2.45, 2.75) is 12.1 Å². The standard InChI is InChI=1S/C16H10ClF4NO2/c1-23-5-3-4-6(24-2)8-7(5)15-9-10(16(8)22(15)17)12(19)14(21)13(20)11(9)18/h3-4,15-16H,1-2H3. The fraction of sp³-hybridized carbons (Fsp3) is 0.250. The largest absolute Gasteiger partial charge is 0.496 e. The summed E-state index contributed by atoms with van der Waals surface area (Å²) in [4.78, 5) is 0. The van der Waals surface area contributed by atoms with E-state index in [-0.39, 0.29) is 11.1 Å². The van der Waals surface area contributed by atoms with Gasteiger partial charge in [0.15, 0.2) is 23.3 Å². The van der Waals surface area contributed by atoms with Crippen molar-refractivity contribution in [2.24, 2.45) is 0 Å². The van der Waals surface area contributed by atoms with E-state index in [0.29, 0.717) is 22.6 Å². The van der Waals surface area contributed by atoms with Crippen LogP contribution in [0.4, 0.5) is 17.6 Å². The Bertz CT molecular complexity index is 819. The minimum Gasteiger partial charge on any atom is -0.496 e. The first-order valence-corrected chi connectivity index (χ1v) is 7.32. The van der Waals surface area contributed by atoms with Crippen LogP contribution in [0, 0.1) is 23.3 Å². The molecule has 0 fully saturated rings. The molecule has 2 heterocycles. The van der Waals surface area contributed by atoms with E-state index in [4.69, 9.17) is 21.3 Å². The average molecular weight is 360 g/mol. The second-order valence-electron chi connectivity index (χ2n) is 5.53. The summed E-state index contributed by atoms with van der Waals surface area (Å²) in [6, 6.07) is 1.18. The molecule has 0 aromatic heterocycles. The summed E-state index contributed by atoms with van der Waals surface area (Å²) < 4.78 is 67.8. The van der Waals surface area contributed by atoms with Gasteiger partial charge in [-0.2, -0.15) is 4.42 Å². The summed E-state index contributed by atoms with van der Waals surface area (Å²) in [5, 5.41) is 0. The highest BCUT2D eigenvalue weighted by Gasteiger charge is 2.55. The minimum absolute atomic E-state index is 0.314. The Labute approximate surface area is 139 Å². The minimum atomic E-state index is -1.85. The van der Waals surface area contributed by atoms with Crippen LogP contribution >= 0.6 is 11.8 Å². The van der Waals surface area contributed by atoms with Crippen LogP contribution in [-0.4, -0.2) is 18.6 Å². The highest BCUT2D eigenvalue weighted by Crippen LogP contribution is 2.63. The lowest BCUT2D eigenvalue weighted by atomic mass is 9.84. The van der Waals surface area contributed by atoms with E-state index < -0.39 is 35.4 Å². The SMILES string of the molecule is COc1ccc(OC)c2c1C1c3c(F)c(F)c(F)c(F)c3C2N1Cl. The van der Waals surface area contributed by atoms with Gasteiger partial charge in [0.1, 0.15) is 11.5 Å². The van der Waals surface area contributed by atoms with E-state index in [0.717, 1.165) is 4.42 Å². The lowest BCUT2D eigenvalue weighted by molar-refractivity contribution is 0.381. The highest BCUT2D eigenvalue weighted by molar-refractivity contribution is 6.15. The molecule has 24 heavy (non-hydrogen) atoms. The van der Waals surface area contributed by atoms with Crippen molar-refractivity contribution in [3.8, 4) is 11.5 Å². The lowest BCUT2D eigenvalue weighted by Gasteiger charge is -2.22. The molecule has 2 bridgehead atoms. The first-order valence-electron chi connectivity index (χ1n) is 6.98. The Kier molecular flexibility index (Phi) is 3.24. The molecule has 3 nitrogen and oxygen atoms in total. The Morgan fingerprint density at radius 1 is 0.750 bits per heavy atom. The second-order valence-corrected chi connectivity index (χ2v) is 5.92. The van der Waals surface area contributed by atoms with Gasteiger partial charge in [-0.25, -0.2) is 17.6 Å². The number of hydrogen-bond donors (Lipinski definition) is 0. The molecule has 0 radical (unpaired) electrons. The van der Waals surface area contributed by atoms with E-state index in [2.05, 4.69) is 0 Å². The topological polar surface area (TPSA) is 21.7 Å². The molecule has 0 spiro atoms. The quantitative estimate of drug-likeness (QED) is 0.347. The third kappa shape index (κ3) is 1.61. The number of hydrogen-bond acceptors (Lipinski definition) is 3. The van der Waals surface area contributed by atoms with Crippen LogP contribution < -0.4 is 9.47 Å². The third-order valence-electron chi connectivity index (χ3n) is 4.58. The second kappa shape index (κ2) is 5.00. The van der Waals surface area contributed by atoms with Gasteiger partial charge < -0.3 is 9.47 Å². The zero-order valence-corrected chi connectivity index (χ0v) is 13.2. The molecule has 2 aromatic carbocycles. The first kappa shape index (κ1) is 15.5.